The smallest absolute Gasteiger partial charge is 0.327 e. The number of carbonyl (C=O) groups excluding carboxylic acids is 1. The summed E-state index contributed by atoms with van der Waals surface area (Å²) in [6.45, 7) is 1.45. The fraction of sp³-hybridized carbons (Fsp3) is 0.667. The molecule has 0 aromatic heterocycles. The van der Waals surface area contributed by atoms with Gasteiger partial charge in [-0.25, -0.2) is 4.79 Å². The Kier molecular flexibility index (Phi) is 8.56. The third-order valence-corrected chi connectivity index (χ3v) is 4.36. The summed E-state index contributed by atoms with van der Waals surface area (Å²) < 4.78 is 0. The minimum absolute atomic E-state index is 0.0881. The number of rotatable bonds is 9. The quantitative estimate of drug-likeness (QED) is 0.258. The average molecular weight is 311 g/mol. The third-order valence-electron chi connectivity index (χ3n) is 1.91. The standard InChI is InChI=1S/C9H17N3O5S2/c1-4(10)7(13)12-6(9(16)17)3-19-18-2-5(11)8(14)15/h4-6H,2-3,10-11H2,1H3,(H,12,13)(H,14,15)(H,16,17). The summed E-state index contributed by atoms with van der Waals surface area (Å²) in [5, 5.41) is 19.7. The summed E-state index contributed by atoms with van der Waals surface area (Å²) >= 11 is 0. The predicted molar refractivity (Wildman–Crippen MR) is 73.7 cm³/mol. The molecule has 110 valence electrons. The van der Waals surface area contributed by atoms with E-state index in [-0.39, 0.29) is 11.5 Å². The van der Waals surface area contributed by atoms with E-state index in [1.807, 2.05) is 0 Å². The SMILES string of the molecule is CC(N)C(=O)NC(CSSCC(N)C(=O)O)C(=O)O. The molecule has 0 aliphatic heterocycles. The van der Waals surface area contributed by atoms with Crippen molar-refractivity contribution in [2.45, 2.75) is 25.0 Å². The van der Waals surface area contributed by atoms with Crippen LogP contribution >= 0.6 is 21.6 Å². The molecule has 8 nitrogen and oxygen atoms in total. The fourth-order valence-corrected chi connectivity index (χ4v) is 3.06. The number of carboxylic acid groups (broad SMARTS) is 2. The summed E-state index contributed by atoms with van der Waals surface area (Å²) in [6, 6.07) is -2.86. The Hall–Kier alpha value is -0.970. The molecule has 3 atom stereocenters. The van der Waals surface area contributed by atoms with E-state index in [0.29, 0.717) is 0 Å². The van der Waals surface area contributed by atoms with Crippen molar-refractivity contribution in [1.82, 2.24) is 5.32 Å². The van der Waals surface area contributed by atoms with Gasteiger partial charge < -0.3 is 27.0 Å². The highest BCUT2D eigenvalue weighted by molar-refractivity contribution is 8.76. The molecule has 1 amide bonds. The molecule has 0 saturated heterocycles. The second-order valence-corrected chi connectivity index (χ2v) is 6.25. The van der Waals surface area contributed by atoms with Crippen LogP contribution in [0.1, 0.15) is 6.92 Å². The van der Waals surface area contributed by atoms with E-state index in [0.717, 1.165) is 21.6 Å². The van der Waals surface area contributed by atoms with Gasteiger partial charge in [-0.15, -0.1) is 0 Å². The number of carbonyl (C=O) groups is 3. The molecule has 10 heteroatoms. The highest BCUT2D eigenvalue weighted by Crippen LogP contribution is 2.22. The van der Waals surface area contributed by atoms with Crippen LogP contribution in [0.15, 0.2) is 0 Å². The first-order valence-corrected chi connectivity index (χ1v) is 7.76. The first kappa shape index (κ1) is 18.0. The number of nitrogens with one attached hydrogen (secondary N) is 1. The molecule has 0 spiro atoms. The highest BCUT2D eigenvalue weighted by Gasteiger charge is 2.22. The maximum absolute atomic E-state index is 11.3. The van der Waals surface area contributed by atoms with Gasteiger partial charge in [-0.2, -0.15) is 0 Å². The van der Waals surface area contributed by atoms with Gasteiger partial charge in [-0.3, -0.25) is 9.59 Å². The van der Waals surface area contributed by atoms with Gasteiger partial charge >= 0.3 is 11.9 Å². The van der Waals surface area contributed by atoms with Crippen LogP contribution < -0.4 is 16.8 Å². The number of carboxylic acids is 2. The molecule has 7 N–H and O–H groups in total. The zero-order valence-corrected chi connectivity index (χ0v) is 11.9. The van der Waals surface area contributed by atoms with Gasteiger partial charge in [-0.1, -0.05) is 21.6 Å². The first-order chi connectivity index (χ1) is 8.75. The number of amides is 1. The summed E-state index contributed by atoms with van der Waals surface area (Å²) in [7, 11) is 2.26. The molecule has 0 aliphatic carbocycles. The van der Waals surface area contributed by atoms with Gasteiger partial charge in [0.1, 0.15) is 12.1 Å². The van der Waals surface area contributed by atoms with E-state index in [4.69, 9.17) is 21.7 Å². The van der Waals surface area contributed by atoms with Crippen molar-refractivity contribution in [3.8, 4) is 0 Å². The number of hydrogen-bond acceptors (Lipinski definition) is 7. The molecule has 0 rings (SSSR count). The van der Waals surface area contributed by atoms with Crippen LogP contribution in [0.4, 0.5) is 0 Å². The molecule has 0 fully saturated rings. The fourth-order valence-electron chi connectivity index (χ4n) is 0.787. The Morgan fingerprint density at radius 2 is 1.63 bits per heavy atom. The normalized spacial score (nSPS) is 15.3. The first-order valence-electron chi connectivity index (χ1n) is 5.27. The van der Waals surface area contributed by atoms with Crippen LogP contribution in [0.3, 0.4) is 0 Å². The van der Waals surface area contributed by atoms with Gasteiger partial charge in [0.05, 0.1) is 6.04 Å². The maximum Gasteiger partial charge on any atom is 0.327 e. The lowest BCUT2D eigenvalue weighted by Gasteiger charge is -2.15. The van der Waals surface area contributed by atoms with E-state index in [1.54, 1.807) is 0 Å². The van der Waals surface area contributed by atoms with Crippen LogP contribution in [0.2, 0.25) is 0 Å². The molecule has 0 bridgehead atoms. The van der Waals surface area contributed by atoms with Gasteiger partial charge in [0.2, 0.25) is 5.91 Å². The summed E-state index contributed by atoms with van der Waals surface area (Å²) in [5.41, 5.74) is 10.6. The lowest BCUT2D eigenvalue weighted by molar-refractivity contribution is -0.141. The zero-order valence-electron chi connectivity index (χ0n) is 10.2. The van der Waals surface area contributed by atoms with Gasteiger partial charge in [-0.05, 0) is 6.92 Å². The van der Waals surface area contributed by atoms with E-state index in [1.165, 1.54) is 6.92 Å². The topological polar surface area (TPSA) is 156 Å². The van der Waals surface area contributed by atoms with Crippen LogP contribution in [-0.4, -0.2) is 57.7 Å². The molecule has 0 radical (unpaired) electrons. The van der Waals surface area contributed by atoms with Crippen molar-refractivity contribution < 1.29 is 24.6 Å². The molecular weight excluding hydrogens is 294 g/mol. The molecule has 0 aromatic carbocycles. The van der Waals surface area contributed by atoms with E-state index >= 15 is 0 Å². The summed E-state index contributed by atoms with van der Waals surface area (Å²) in [5.74, 6) is -2.61. The van der Waals surface area contributed by atoms with Gasteiger partial charge in [0.25, 0.3) is 0 Å². The summed E-state index contributed by atoms with van der Waals surface area (Å²) in [4.78, 5) is 32.6. The Bertz CT molecular complexity index is 340. The lowest BCUT2D eigenvalue weighted by Crippen LogP contribution is -2.48. The minimum atomic E-state index is -1.18. The maximum atomic E-state index is 11.3. The van der Waals surface area contributed by atoms with E-state index < -0.39 is 36.0 Å². The van der Waals surface area contributed by atoms with Crippen molar-refractivity contribution in [2.75, 3.05) is 11.5 Å². The molecule has 19 heavy (non-hydrogen) atoms. The van der Waals surface area contributed by atoms with Gasteiger partial charge in [0.15, 0.2) is 0 Å². The van der Waals surface area contributed by atoms with Crippen molar-refractivity contribution in [3.63, 3.8) is 0 Å². The predicted octanol–water partition coefficient (Wildman–Crippen LogP) is -1.30. The third kappa shape index (κ3) is 7.93. The molecular formula is C9H17N3O5S2. The Morgan fingerprint density at radius 3 is 2.05 bits per heavy atom. The van der Waals surface area contributed by atoms with E-state index in [2.05, 4.69) is 5.32 Å². The highest BCUT2D eigenvalue weighted by atomic mass is 33.1. The monoisotopic (exact) mass is 311 g/mol. The number of nitrogens with two attached hydrogens (primary N) is 2. The lowest BCUT2D eigenvalue weighted by atomic mass is 10.3. The Balaban J connectivity index is 4.06. The Morgan fingerprint density at radius 1 is 1.11 bits per heavy atom. The second-order valence-electron chi connectivity index (χ2n) is 3.70. The zero-order chi connectivity index (χ0) is 15.0. The number of aliphatic carboxylic acids is 2. The van der Waals surface area contributed by atoms with E-state index in [9.17, 15) is 14.4 Å². The number of hydrogen-bond donors (Lipinski definition) is 5. The average Bonchev–Trinajstić information content (AvgIpc) is 2.31. The molecule has 0 aliphatic rings. The van der Waals surface area contributed by atoms with Crippen LogP contribution in [-0.2, 0) is 14.4 Å². The largest absolute Gasteiger partial charge is 0.480 e. The molecule has 0 heterocycles. The van der Waals surface area contributed by atoms with Crippen LogP contribution in [0, 0.1) is 0 Å². The van der Waals surface area contributed by atoms with Crippen molar-refractivity contribution in [1.29, 1.82) is 0 Å². The minimum Gasteiger partial charge on any atom is -0.480 e. The second kappa shape index (κ2) is 9.02. The van der Waals surface area contributed by atoms with Crippen LogP contribution in [0.5, 0.6) is 0 Å². The van der Waals surface area contributed by atoms with Crippen molar-refractivity contribution in [2.24, 2.45) is 11.5 Å². The molecule has 0 saturated carbocycles. The molecule has 3 unspecified atom stereocenters. The van der Waals surface area contributed by atoms with Crippen molar-refractivity contribution >= 4 is 39.4 Å². The van der Waals surface area contributed by atoms with Crippen LogP contribution in [0.25, 0.3) is 0 Å². The van der Waals surface area contributed by atoms with Gasteiger partial charge in [0, 0.05) is 11.5 Å². The summed E-state index contributed by atoms with van der Waals surface area (Å²) in [6.07, 6.45) is 0. The molecule has 0 aromatic rings. The van der Waals surface area contributed by atoms with Crippen molar-refractivity contribution in [3.05, 3.63) is 0 Å². The Labute approximate surface area is 118 Å².